The number of H-pyrrole nitrogens is 1. The number of benzene rings is 1. The van der Waals surface area contributed by atoms with Crippen LogP contribution in [0.5, 0.6) is 0 Å². The Kier molecular flexibility index (Phi) is 6.86. The maximum atomic E-state index is 13.2. The fourth-order valence-corrected chi connectivity index (χ4v) is 4.57. The Labute approximate surface area is 192 Å². The zero-order chi connectivity index (χ0) is 22.5. The lowest BCUT2D eigenvalue weighted by molar-refractivity contribution is -0.140. The van der Waals surface area contributed by atoms with Crippen LogP contribution in [0.1, 0.15) is 32.1 Å². The quantitative estimate of drug-likeness (QED) is 0.581. The Morgan fingerprint density at radius 1 is 1.25 bits per heavy atom. The van der Waals surface area contributed by atoms with Crippen molar-refractivity contribution < 1.29 is 9.59 Å². The third-order valence-corrected chi connectivity index (χ3v) is 6.35. The van der Waals surface area contributed by atoms with Crippen molar-refractivity contribution >= 4 is 40.0 Å². The van der Waals surface area contributed by atoms with Gasteiger partial charge in [-0.2, -0.15) is 5.26 Å². The largest absolute Gasteiger partial charge is 0.359 e. The molecule has 2 aliphatic rings. The van der Waals surface area contributed by atoms with Crippen LogP contribution in [0.4, 0.5) is 5.69 Å². The number of rotatable bonds is 6. The number of likely N-dealkylation sites (tertiary alicyclic amines) is 2. The molecule has 1 atom stereocenters. The average molecular weight is 455 g/mol. The number of halogens is 1. The van der Waals surface area contributed by atoms with Crippen molar-refractivity contribution in [3.8, 4) is 6.07 Å². The van der Waals surface area contributed by atoms with Crippen molar-refractivity contribution in [2.45, 2.75) is 38.1 Å². The van der Waals surface area contributed by atoms with E-state index in [4.69, 9.17) is 11.6 Å². The summed E-state index contributed by atoms with van der Waals surface area (Å²) in [7, 11) is 0. The third-order valence-electron chi connectivity index (χ3n) is 6.04. The number of allylic oxidation sites excluding steroid dienone is 1. The Balaban J connectivity index is 1.47. The van der Waals surface area contributed by atoms with Crippen LogP contribution in [0.15, 0.2) is 36.3 Å². The van der Waals surface area contributed by atoms with Gasteiger partial charge in [-0.05, 0) is 38.2 Å². The number of nitriles is 1. The van der Waals surface area contributed by atoms with E-state index in [9.17, 15) is 14.9 Å². The number of nitrogens with one attached hydrogen (secondary N) is 3. The van der Waals surface area contributed by atoms with Crippen molar-refractivity contribution in [3.05, 3.63) is 41.3 Å². The molecule has 4 rings (SSSR count). The van der Waals surface area contributed by atoms with Crippen LogP contribution in [0, 0.1) is 11.3 Å². The van der Waals surface area contributed by atoms with E-state index in [-0.39, 0.29) is 18.4 Å². The van der Waals surface area contributed by atoms with Gasteiger partial charge in [0.15, 0.2) is 0 Å². The van der Waals surface area contributed by atoms with Crippen molar-refractivity contribution in [1.29, 1.82) is 5.26 Å². The lowest BCUT2D eigenvalue weighted by Gasteiger charge is -2.27. The van der Waals surface area contributed by atoms with Crippen LogP contribution in [-0.2, 0) is 9.59 Å². The van der Waals surface area contributed by atoms with Crippen LogP contribution >= 0.6 is 11.6 Å². The average Bonchev–Trinajstić information content (AvgIpc) is 3.42. The Bertz CT molecular complexity index is 1070. The van der Waals surface area contributed by atoms with Gasteiger partial charge in [0, 0.05) is 31.2 Å². The summed E-state index contributed by atoms with van der Waals surface area (Å²) < 4.78 is 0. The van der Waals surface area contributed by atoms with Gasteiger partial charge < -0.3 is 25.4 Å². The van der Waals surface area contributed by atoms with E-state index in [0.717, 1.165) is 55.4 Å². The van der Waals surface area contributed by atoms with E-state index >= 15 is 0 Å². The first-order valence-corrected chi connectivity index (χ1v) is 11.4. The van der Waals surface area contributed by atoms with Crippen molar-refractivity contribution in [1.82, 2.24) is 20.1 Å². The molecule has 3 heterocycles. The molecule has 2 aliphatic heterocycles. The first-order valence-electron chi connectivity index (χ1n) is 11.0. The maximum absolute atomic E-state index is 13.2. The standard InChI is InChI=1S/C23H27ClN6O2/c24-17-14-26-22-16(17)6-5-8-18(22)27-20(9-10-25)28-19-7-1-2-13-30(23(19)32)15-21(31)29-11-3-4-12-29/h5-6,8-9,14,19,26-28H,1-4,7,11-13,15H2/b20-9+/t19-/m0/s1. The summed E-state index contributed by atoms with van der Waals surface area (Å²) in [6.07, 6.45) is 7.45. The second-order valence-corrected chi connectivity index (χ2v) is 8.62. The molecule has 2 aromatic rings. The number of nitrogens with zero attached hydrogens (tertiary/aromatic N) is 3. The van der Waals surface area contributed by atoms with E-state index < -0.39 is 6.04 Å². The first-order chi connectivity index (χ1) is 15.6. The van der Waals surface area contributed by atoms with Crippen molar-refractivity contribution in [2.24, 2.45) is 0 Å². The van der Waals surface area contributed by atoms with Gasteiger partial charge in [0.05, 0.1) is 34.9 Å². The van der Waals surface area contributed by atoms with E-state index in [1.54, 1.807) is 11.1 Å². The smallest absolute Gasteiger partial charge is 0.245 e. The lowest BCUT2D eigenvalue weighted by atomic mass is 10.1. The molecule has 32 heavy (non-hydrogen) atoms. The van der Waals surface area contributed by atoms with Crippen LogP contribution in [-0.4, -0.2) is 58.8 Å². The summed E-state index contributed by atoms with van der Waals surface area (Å²) in [5, 5.41) is 17.2. The van der Waals surface area contributed by atoms with Gasteiger partial charge in [-0.15, -0.1) is 0 Å². The molecule has 2 saturated heterocycles. The highest BCUT2D eigenvalue weighted by molar-refractivity contribution is 6.35. The minimum atomic E-state index is -0.512. The molecule has 0 spiro atoms. The fourth-order valence-electron chi connectivity index (χ4n) is 4.36. The molecule has 0 unspecified atom stereocenters. The number of carbonyl (C=O) groups is 2. The molecule has 1 aromatic carbocycles. The van der Waals surface area contributed by atoms with Crippen LogP contribution in [0.25, 0.3) is 10.9 Å². The zero-order valence-corrected chi connectivity index (χ0v) is 18.6. The number of fused-ring (bicyclic) bond motifs is 1. The van der Waals surface area contributed by atoms with Gasteiger partial charge >= 0.3 is 0 Å². The first kappa shape index (κ1) is 22.0. The van der Waals surface area contributed by atoms with E-state index in [1.165, 1.54) is 6.08 Å². The number of anilines is 1. The predicted octanol–water partition coefficient (Wildman–Crippen LogP) is 3.19. The monoisotopic (exact) mass is 454 g/mol. The molecular weight excluding hydrogens is 428 g/mol. The summed E-state index contributed by atoms with van der Waals surface area (Å²) in [4.78, 5) is 32.5. The van der Waals surface area contributed by atoms with Gasteiger partial charge in [-0.3, -0.25) is 9.59 Å². The molecule has 168 valence electrons. The predicted molar refractivity (Wildman–Crippen MR) is 124 cm³/mol. The summed E-state index contributed by atoms with van der Waals surface area (Å²) in [6, 6.07) is 7.17. The maximum Gasteiger partial charge on any atom is 0.245 e. The normalized spacial score (nSPS) is 19.7. The highest BCUT2D eigenvalue weighted by Crippen LogP contribution is 2.29. The number of amides is 2. The van der Waals surface area contributed by atoms with Gasteiger partial charge in [-0.1, -0.05) is 23.7 Å². The summed E-state index contributed by atoms with van der Waals surface area (Å²) >= 11 is 6.22. The molecule has 2 fully saturated rings. The minimum Gasteiger partial charge on any atom is -0.359 e. The SMILES string of the molecule is N#C/C=C(\Nc1cccc2c(Cl)c[nH]c12)N[C@H]1CCCCN(CC(=O)N2CCCC2)C1=O. The van der Waals surface area contributed by atoms with Gasteiger partial charge in [-0.25, -0.2) is 0 Å². The molecule has 3 N–H and O–H groups in total. The van der Waals surface area contributed by atoms with Crippen molar-refractivity contribution in [3.63, 3.8) is 0 Å². The molecule has 0 bridgehead atoms. The highest BCUT2D eigenvalue weighted by Gasteiger charge is 2.30. The van der Waals surface area contributed by atoms with Gasteiger partial charge in [0.2, 0.25) is 11.8 Å². The number of aromatic nitrogens is 1. The highest BCUT2D eigenvalue weighted by atomic mass is 35.5. The molecule has 2 amide bonds. The number of para-hydroxylation sites is 1. The van der Waals surface area contributed by atoms with Crippen LogP contribution < -0.4 is 10.6 Å². The van der Waals surface area contributed by atoms with Crippen LogP contribution in [0.2, 0.25) is 5.02 Å². The Hall–Kier alpha value is -3.18. The number of carbonyl (C=O) groups excluding carboxylic acids is 2. The zero-order valence-electron chi connectivity index (χ0n) is 17.9. The number of hydrogen-bond donors (Lipinski definition) is 3. The molecular formula is C23H27ClN6O2. The van der Waals surface area contributed by atoms with E-state index in [0.29, 0.717) is 23.8 Å². The van der Waals surface area contributed by atoms with Gasteiger partial charge in [0.25, 0.3) is 0 Å². The molecule has 0 saturated carbocycles. The fraction of sp³-hybridized carbons (Fsp3) is 0.435. The van der Waals surface area contributed by atoms with E-state index in [1.807, 2.05) is 29.2 Å². The topological polar surface area (TPSA) is 104 Å². The van der Waals surface area contributed by atoms with E-state index in [2.05, 4.69) is 15.6 Å². The lowest BCUT2D eigenvalue weighted by Crippen LogP contribution is -2.49. The molecule has 9 heteroatoms. The van der Waals surface area contributed by atoms with Gasteiger partial charge in [0.1, 0.15) is 11.9 Å². The number of hydrogen-bond acceptors (Lipinski definition) is 5. The summed E-state index contributed by atoms with van der Waals surface area (Å²) in [5.74, 6) is 0.330. The summed E-state index contributed by atoms with van der Waals surface area (Å²) in [6.45, 7) is 2.23. The molecule has 0 radical (unpaired) electrons. The number of aromatic amines is 1. The second kappa shape index (κ2) is 9.96. The van der Waals surface area contributed by atoms with Crippen LogP contribution in [0.3, 0.4) is 0 Å². The molecule has 8 nitrogen and oxygen atoms in total. The second-order valence-electron chi connectivity index (χ2n) is 8.22. The Morgan fingerprint density at radius 3 is 2.81 bits per heavy atom. The van der Waals surface area contributed by atoms with Crippen molar-refractivity contribution in [2.75, 3.05) is 31.5 Å². The Morgan fingerprint density at radius 2 is 2.03 bits per heavy atom. The minimum absolute atomic E-state index is 0.0118. The molecule has 0 aliphatic carbocycles. The third kappa shape index (κ3) is 4.83. The summed E-state index contributed by atoms with van der Waals surface area (Å²) in [5.41, 5.74) is 1.55. The molecule has 1 aromatic heterocycles.